The van der Waals surface area contributed by atoms with E-state index in [-0.39, 0.29) is 12.1 Å². The highest BCUT2D eigenvalue weighted by molar-refractivity contribution is 6.30. The SMILES string of the molecule is Cc1nn2c(c1-c1ccc(Cl)cc1)NC(=O)C2CC(=O)Nc1cccc(C(F)(F)F)c1. The monoisotopic (exact) mass is 448 g/mol. The van der Waals surface area contributed by atoms with E-state index in [1.165, 1.54) is 16.8 Å². The standard InChI is InChI=1S/C21H16ClF3N4O2/c1-11-18(12-5-7-14(22)8-6-12)19-27-20(31)16(29(19)28-11)10-17(30)26-15-4-2-3-13(9-15)21(23,24)25/h2-9,16H,10H2,1H3,(H,26,30)(H,27,31). The zero-order valence-electron chi connectivity index (χ0n) is 16.1. The number of aromatic nitrogens is 2. The van der Waals surface area contributed by atoms with Crippen molar-refractivity contribution in [3.8, 4) is 11.1 Å². The highest BCUT2D eigenvalue weighted by atomic mass is 35.5. The maximum absolute atomic E-state index is 12.9. The summed E-state index contributed by atoms with van der Waals surface area (Å²) >= 11 is 5.94. The molecule has 3 aromatic rings. The molecule has 2 aromatic carbocycles. The van der Waals surface area contributed by atoms with Crippen LogP contribution < -0.4 is 10.6 Å². The number of benzene rings is 2. The summed E-state index contributed by atoms with van der Waals surface area (Å²) < 4.78 is 40.0. The van der Waals surface area contributed by atoms with Crippen molar-refractivity contribution in [2.24, 2.45) is 0 Å². The number of nitrogens with one attached hydrogen (secondary N) is 2. The Kier molecular flexibility index (Phi) is 5.22. The summed E-state index contributed by atoms with van der Waals surface area (Å²) in [6.07, 6.45) is -4.80. The van der Waals surface area contributed by atoms with Crippen LogP contribution in [0.5, 0.6) is 0 Å². The van der Waals surface area contributed by atoms with Gasteiger partial charge in [0, 0.05) is 16.3 Å². The van der Waals surface area contributed by atoms with Crippen LogP contribution in [0.2, 0.25) is 5.02 Å². The van der Waals surface area contributed by atoms with Crippen LogP contribution in [0.4, 0.5) is 24.7 Å². The molecule has 1 aromatic heterocycles. The number of amides is 2. The lowest BCUT2D eigenvalue weighted by Crippen LogP contribution is -2.24. The Morgan fingerprint density at radius 1 is 1.23 bits per heavy atom. The fourth-order valence-corrected chi connectivity index (χ4v) is 3.63. The molecule has 2 heterocycles. The molecule has 0 radical (unpaired) electrons. The summed E-state index contributed by atoms with van der Waals surface area (Å²) in [6.45, 7) is 1.78. The number of alkyl halides is 3. The Hall–Kier alpha value is -3.33. The summed E-state index contributed by atoms with van der Waals surface area (Å²) in [5, 5.41) is 10.1. The third-order valence-corrected chi connectivity index (χ3v) is 5.16. The first-order chi connectivity index (χ1) is 14.6. The molecule has 4 rings (SSSR count). The van der Waals surface area contributed by atoms with Crippen molar-refractivity contribution < 1.29 is 22.8 Å². The van der Waals surface area contributed by atoms with Gasteiger partial charge in [-0.15, -0.1) is 0 Å². The molecule has 1 aliphatic rings. The molecule has 10 heteroatoms. The molecule has 0 fully saturated rings. The first kappa shape index (κ1) is 20.9. The Labute approximate surface area is 180 Å². The number of aryl methyl sites for hydroxylation is 1. The van der Waals surface area contributed by atoms with Crippen molar-refractivity contribution in [1.29, 1.82) is 0 Å². The molecule has 6 nitrogen and oxygen atoms in total. The first-order valence-corrected chi connectivity index (χ1v) is 9.64. The van der Waals surface area contributed by atoms with Crippen LogP contribution >= 0.6 is 11.6 Å². The number of fused-ring (bicyclic) bond motifs is 1. The molecule has 1 atom stereocenters. The number of hydrogen-bond acceptors (Lipinski definition) is 3. The van der Waals surface area contributed by atoms with Crippen LogP contribution in [0.15, 0.2) is 48.5 Å². The van der Waals surface area contributed by atoms with Crippen molar-refractivity contribution in [2.75, 3.05) is 10.6 Å². The van der Waals surface area contributed by atoms with E-state index in [1.54, 1.807) is 31.2 Å². The number of carbonyl (C=O) groups is 2. The molecule has 160 valence electrons. The van der Waals surface area contributed by atoms with Crippen LogP contribution in [0.25, 0.3) is 11.1 Å². The smallest absolute Gasteiger partial charge is 0.326 e. The van der Waals surface area contributed by atoms with Gasteiger partial charge in [-0.1, -0.05) is 29.8 Å². The summed E-state index contributed by atoms with van der Waals surface area (Å²) in [5.41, 5.74) is 1.29. The van der Waals surface area contributed by atoms with E-state index in [2.05, 4.69) is 15.7 Å². The van der Waals surface area contributed by atoms with Gasteiger partial charge in [-0.2, -0.15) is 18.3 Å². The zero-order valence-corrected chi connectivity index (χ0v) is 16.9. The summed E-state index contributed by atoms with van der Waals surface area (Å²) in [7, 11) is 0. The third-order valence-electron chi connectivity index (χ3n) is 4.91. The molecule has 1 aliphatic heterocycles. The van der Waals surface area contributed by atoms with Crippen LogP contribution in [-0.4, -0.2) is 21.6 Å². The molecular weight excluding hydrogens is 433 g/mol. The highest BCUT2D eigenvalue weighted by Crippen LogP contribution is 2.38. The molecule has 2 N–H and O–H groups in total. The summed E-state index contributed by atoms with van der Waals surface area (Å²) in [4.78, 5) is 24.9. The largest absolute Gasteiger partial charge is 0.416 e. The number of halogens is 4. The van der Waals surface area contributed by atoms with Gasteiger partial charge in [-0.25, -0.2) is 4.68 Å². The van der Waals surface area contributed by atoms with Crippen LogP contribution in [0.3, 0.4) is 0 Å². The summed E-state index contributed by atoms with van der Waals surface area (Å²) in [5.74, 6) is -0.563. The lowest BCUT2D eigenvalue weighted by atomic mass is 10.1. The normalized spacial score (nSPS) is 15.5. The quantitative estimate of drug-likeness (QED) is 0.586. The predicted molar refractivity (Wildman–Crippen MR) is 110 cm³/mol. The number of hydrogen-bond donors (Lipinski definition) is 2. The predicted octanol–water partition coefficient (Wildman–Crippen LogP) is 5.05. The fourth-order valence-electron chi connectivity index (χ4n) is 3.51. The van der Waals surface area contributed by atoms with Gasteiger partial charge in [0.05, 0.1) is 17.7 Å². The Morgan fingerprint density at radius 3 is 2.61 bits per heavy atom. The average molecular weight is 449 g/mol. The lowest BCUT2D eigenvalue weighted by molar-refractivity contribution is -0.137. The van der Waals surface area contributed by atoms with Gasteiger partial charge in [-0.3, -0.25) is 9.59 Å². The maximum atomic E-state index is 12.9. The first-order valence-electron chi connectivity index (χ1n) is 9.26. The van der Waals surface area contributed by atoms with Gasteiger partial charge in [0.2, 0.25) is 5.91 Å². The second kappa shape index (κ2) is 7.73. The van der Waals surface area contributed by atoms with Crippen molar-refractivity contribution in [3.63, 3.8) is 0 Å². The van der Waals surface area contributed by atoms with Gasteiger partial charge in [0.15, 0.2) is 0 Å². The van der Waals surface area contributed by atoms with Crippen LogP contribution in [0.1, 0.15) is 23.7 Å². The Bertz CT molecular complexity index is 1170. The van der Waals surface area contributed by atoms with Crippen LogP contribution in [0, 0.1) is 6.92 Å². The van der Waals surface area contributed by atoms with E-state index in [0.29, 0.717) is 22.1 Å². The van der Waals surface area contributed by atoms with Gasteiger partial charge in [0.1, 0.15) is 11.9 Å². The Morgan fingerprint density at radius 2 is 1.94 bits per heavy atom. The number of carbonyl (C=O) groups excluding carboxylic acids is 2. The average Bonchev–Trinajstić information content (AvgIpc) is 3.16. The lowest BCUT2D eigenvalue weighted by Gasteiger charge is -2.12. The zero-order chi connectivity index (χ0) is 22.3. The number of nitrogens with zero attached hydrogens (tertiary/aromatic N) is 2. The maximum Gasteiger partial charge on any atom is 0.416 e. The van der Waals surface area contributed by atoms with E-state index in [9.17, 15) is 22.8 Å². The Balaban J connectivity index is 1.55. The van der Waals surface area contributed by atoms with Gasteiger partial charge in [0.25, 0.3) is 5.91 Å². The van der Waals surface area contributed by atoms with Crippen LogP contribution in [-0.2, 0) is 15.8 Å². The molecule has 2 amide bonds. The van der Waals surface area contributed by atoms with E-state index < -0.39 is 29.6 Å². The molecule has 0 saturated carbocycles. The van der Waals surface area contributed by atoms with Gasteiger partial charge < -0.3 is 10.6 Å². The van der Waals surface area contributed by atoms with E-state index in [4.69, 9.17) is 11.6 Å². The van der Waals surface area contributed by atoms with Crippen molar-refractivity contribution in [1.82, 2.24) is 9.78 Å². The molecule has 0 spiro atoms. The van der Waals surface area contributed by atoms with E-state index in [1.807, 2.05) is 0 Å². The summed E-state index contributed by atoms with van der Waals surface area (Å²) in [6, 6.07) is 10.4. The van der Waals surface area contributed by atoms with Crippen molar-refractivity contribution in [2.45, 2.75) is 25.6 Å². The molecular formula is C21H16ClF3N4O2. The number of anilines is 2. The second-order valence-electron chi connectivity index (χ2n) is 7.10. The molecule has 0 bridgehead atoms. The van der Waals surface area contributed by atoms with Crippen molar-refractivity contribution >= 4 is 34.9 Å². The van der Waals surface area contributed by atoms with Gasteiger partial charge in [-0.05, 0) is 42.8 Å². The molecule has 1 unspecified atom stereocenters. The third kappa shape index (κ3) is 4.13. The minimum atomic E-state index is -4.52. The van der Waals surface area contributed by atoms with E-state index in [0.717, 1.165) is 17.7 Å². The minimum Gasteiger partial charge on any atom is -0.326 e. The molecule has 0 aliphatic carbocycles. The minimum absolute atomic E-state index is 0.00282. The fraction of sp³-hybridized carbons (Fsp3) is 0.190. The van der Waals surface area contributed by atoms with Gasteiger partial charge >= 0.3 is 6.18 Å². The molecule has 31 heavy (non-hydrogen) atoms. The topological polar surface area (TPSA) is 76.0 Å². The highest BCUT2D eigenvalue weighted by Gasteiger charge is 2.36. The van der Waals surface area contributed by atoms with Crippen molar-refractivity contribution in [3.05, 3.63) is 64.8 Å². The van der Waals surface area contributed by atoms with E-state index >= 15 is 0 Å². The number of rotatable bonds is 4. The molecule has 0 saturated heterocycles. The second-order valence-corrected chi connectivity index (χ2v) is 7.53.